The van der Waals surface area contributed by atoms with Gasteiger partial charge in [-0.05, 0) is 37.4 Å². The van der Waals surface area contributed by atoms with Crippen molar-refractivity contribution >= 4 is 15.5 Å². The van der Waals surface area contributed by atoms with E-state index in [4.69, 9.17) is 0 Å². The first kappa shape index (κ1) is 14.7. The quantitative estimate of drug-likeness (QED) is 0.925. The third kappa shape index (κ3) is 2.64. The predicted molar refractivity (Wildman–Crippen MR) is 76.4 cm³/mol. The van der Waals surface area contributed by atoms with E-state index in [0.717, 1.165) is 19.4 Å². The number of benzene rings is 1. The molecule has 116 valence electrons. The van der Waals surface area contributed by atoms with Gasteiger partial charge in [0.25, 0.3) is 0 Å². The van der Waals surface area contributed by atoms with Gasteiger partial charge in [0.1, 0.15) is 0 Å². The number of alkyl halides is 2. The maximum Gasteiger partial charge on any atom is 0.341 e. The van der Waals surface area contributed by atoms with Gasteiger partial charge in [0.2, 0.25) is 9.84 Å². The number of nitrogens with one attached hydrogen (secondary N) is 1. The maximum absolute atomic E-state index is 12.8. The zero-order chi connectivity index (χ0) is 15.0. The minimum absolute atomic E-state index is 0.265. The van der Waals surface area contributed by atoms with Gasteiger partial charge in [-0.3, -0.25) is 0 Å². The minimum Gasteiger partial charge on any atom is -0.369 e. The van der Waals surface area contributed by atoms with Crippen LogP contribution in [0.5, 0.6) is 0 Å². The van der Waals surface area contributed by atoms with Crippen LogP contribution in [0.2, 0.25) is 0 Å². The van der Waals surface area contributed by atoms with Crippen molar-refractivity contribution in [2.45, 2.75) is 29.5 Å². The second kappa shape index (κ2) is 5.53. The van der Waals surface area contributed by atoms with Crippen molar-refractivity contribution in [3.05, 3.63) is 24.3 Å². The van der Waals surface area contributed by atoms with E-state index >= 15 is 0 Å². The molecular weight excluding hydrogens is 298 g/mol. The van der Waals surface area contributed by atoms with Crippen LogP contribution in [0.15, 0.2) is 29.2 Å². The van der Waals surface area contributed by atoms with Gasteiger partial charge in [-0.2, -0.15) is 8.78 Å². The summed E-state index contributed by atoms with van der Waals surface area (Å²) in [7, 11) is -4.57. The van der Waals surface area contributed by atoms with Crippen molar-refractivity contribution in [1.82, 2.24) is 5.32 Å². The van der Waals surface area contributed by atoms with Crippen LogP contribution in [0.4, 0.5) is 14.5 Å². The summed E-state index contributed by atoms with van der Waals surface area (Å²) >= 11 is 0. The third-order valence-corrected chi connectivity index (χ3v) is 5.77. The van der Waals surface area contributed by atoms with Gasteiger partial charge >= 0.3 is 5.76 Å². The van der Waals surface area contributed by atoms with Crippen molar-refractivity contribution in [3.63, 3.8) is 0 Å². The van der Waals surface area contributed by atoms with E-state index in [1.165, 1.54) is 12.1 Å². The average molecular weight is 316 g/mol. The van der Waals surface area contributed by atoms with Gasteiger partial charge in [-0.1, -0.05) is 12.1 Å². The molecule has 2 aliphatic rings. The van der Waals surface area contributed by atoms with Crippen LogP contribution in [0, 0.1) is 5.92 Å². The Balaban J connectivity index is 1.93. The fourth-order valence-corrected chi connectivity index (χ4v) is 4.25. The minimum atomic E-state index is -4.57. The Morgan fingerprint density at radius 1 is 1.24 bits per heavy atom. The van der Waals surface area contributed by atoms with Gasteiger partial charge in [-0.25, -0.2) is 8.42 Å². The Hall–Kier alpha value is -1.21. The highest BCUT2D eigenvalue weighted by Gasteiger charge is 2.37. The molecule has 1 N–H and O–H groups in total. The smallest absolute Gasteiger partial charge is 0.341 e. The number of rotatable bonds is 3. The van der Waals surface area contributed by atoms with Crippen LogP contribution in [-0.4, -0.2) is 39.9 Å². The molecule has 0 saturated carbocycles. The van der Waals surface area contributed by atoms with Crippen molar-refractivity contribution in [2.75, 3.05) is 24.5 Å². The number of anilines is 1. The average Bonchev–Trinajstić information content (AvgIpc) is 2.91. The maximum atomic E-state index is 12.8. The van der Waals surface area contributed by atoms with Crippen molar-refractivity contribution in [1.29, 1.82) is 0 Å². The van der Waals surface area contributed by atoms with Gasteiger partial charge in [-0.15, -0.1) is 0 Å². The molecule has 3 rings (SSSR count). The lowest BCUT2D eigenvalue weighted by atomic mass is 9.94. The Morgan fingerprint density at radius 3 is 2.71 bits per heavy atom. The topological polar surface area (TPSA) is 49.4 Å². The number of halogens is 2. The molecular formula is C14H18F2N2O2S. The highest BCUT2D eigenvalue weighted by Crippen LogP contribution is 2.34. The lowest BCUT2D eigenvalue weighted by Gasteiger charge is -2.24. The molecule has 1 aromatic rings. The highest BCUT2D eigenvalue weighted by molar-refractivity contribution is 7.91. The number of sulfone groups is 1. The molecule has 2 saturated heterocycles. The van der Waals surface area contributed by atoms with E-state index in [2.05, 4.69) is 5.32 Å². The molecule has 0 aliphatic carbocycles. The molecule has 2 heterocycles. The number of hydrogen-bond acceptors (Lipinski definition) is 4. The van der Waals surface area contributed by atoms with Crippen LogP contribution >= 0.6 is 0 Å². The second-order valence-electron chi connectivity index (χ2n) is 5.64. The molecule has 2 fully saturated rings. The Morgan fingerprint density at radius 2 is 2.00 bits per heavy atom. The lowest BCUT2D eigenvalue weighted by Crippen LogP contribution is -2.40. The van der Waals surface area contributed by atoms with Gasteiger partial charge in [0.15, 0.2) is 0 Å². The summed E-state index contributed by atoms with van der Waals surface area (Å²) in [6.07, 6.45) is 2.20. The van der Waals surface area contributed by atoms with E-state index in [-0.39, 0.29) is 4.90 Å². The summed E-state index contributed by atoms with van der Waals surface area (Å²) in [5.74, 6) is -2.93. The van der Waals surface area contributed by atoms with E-state index in [0.29, 0.717) is 30.7 Å². The molecule has 2 aliphatic heterocycles. The number of fused-ring (bicyclic) bond motifs is 1. The fourth-order valence-electron chi connectivity index (χ4n) is 3.30. The van der Waals surface area contributed by atoms with Crippen molar-refractivity contribution < 1.29 is 17.2 Å². The number of nitrogens with zero attached hydrogens (tertiary/aromatic N) is 1. The molecule has 0 spiro atoms. The first-order chi connectivity index (χ1) is 10.00. The summed E-state index contributed by atoms with van der Waals surface area (Å²) in [6.45, 7) is 2.35. The highest BCUT2D eigenvalue weighted by atomic mass is 32.2. The first-order valence-corrected chi connectivity index (χ1v) is 8.64. The standard InChI is InChI=1S/C14H18F2N2O2S/c15-14(16)21(19,20)13-6-2-1-5-12(13)18-8-10-4-3-7-17-11(10)9-18/h1-2,5-6,10-11,14,17H,3-4,7-9H2/t10-,11+/m0/s1. The van der Waals surface area contributed by atoms with Crippen LogP contribution in [-0.2, 0) is 9.84 Å². The molecule has 2 atom stereocenters. The Kier molecular flexibility index (Phi) is 3.88. The lowest BCUT2D eigenvalue weighted by molar-refractivity contribution is 0.235. The van der Waals surface area contributed by atoms with Crippen LogP contribution in [0.1, 0.15) is 12.8 Å². The third-order valence-electron chi connectivity index (χ3n) is 4.35. The van der Waals surface area contributed by atoms with E-state index < -0.39 is 15.6 Å². The summed E-state index contributed by atoms with van der Waals surface area (Å²) in [4.78, 5) is 1.65. The van der Waals surface area contributed by atoms with Crippen LogP contribution < -0.4 is 10.2 Å². The number of piperidine rings is 1. The number of hydrogen-bond donors (Lipinski definition) is 1. The van der Waals surface area contributed by atoms with Crippen LogP contribution in [0.3, 0.4) is 0 Å². The molecule has 0 unspecified atom stereocenters. The van der Waals surface area contributed by atoms with Crippen LogP contribution in [0.25, 0.3) is 0 Å². The molecule has 0 amide bonds. The Bertz CT molecular complexity index is 607. The molecule has 0 bridgehead atoms. The van der Waals surface area contributed by atoms with Crippen molar-refractivity contribution in [3.8, 4) is 0 Å². The zero-order valence-corrected chi connectivity index (χ0v) is 12.3. The summed E-state index contributed by atoms with van der Waals surface area (Å²) in [5.41, 5.74) is 0.397. The summed E-state index contributed by atoms with van der Waals surface area (Å²) in [6, 6.07) is 6.38. The molecule has 4 nitrogen and oxygen atoms in total. The molecule has 21 heavy (non-hydrogen) atoms. The molecule has 7 heteroatoms. The van der Waals surface area contributed by atoms with Gasteiger partial charge in [0.05, 0.1) is 10.6 Å². The largest absolute Gasteiger partial charge is 0.369 e. The molecule has 0 radical (unpaired) electrons. The summed E-state index contributed by atoms with van der Waals surface area (Å²) in [5, 5.41) is 3.42. The Labute approximate surface area is 123 Å². The fraction of sp³-hybridized carbons (Fsp3) is 0.571. The van der Waals surface area contributed by atoms with E-state index in [1.54, 1.807) is 12.1 Å². The molecule has 1 aromatic carbocycles. The normalized spacial score (nSPS) is 26.1. The second-order valence-corrected chi connectivity index (χ2v) is 7.53. The summed E-state index contributed by atoms with van der Waals surface area (Å²) < 4.78 is 49.3. The molecule has 0 aromatic heterocycles. The first-order valence-electron chi connectivity index (χ1n) is 7.09. The predicted octanol–water partition coefficient (Wildman–Crippen LogP) is 1.87. The SMILES string of the molecule is O=S(=O)(c1ccccc1N1C[C@@H]2CCCN[C@@H]2C1)C(F)F. The van der Waals surface area contributed by atoms with E-state index in [1.807, 2.05) is 4.90 Å². The van der Waals surface area contributed by atoms with Crippen molar-refractivity contribution in [2.24, 2.45) is 5.92 Å². The zero-order valence-electron chi connectivity index (χ0n) is 11.5. The monoisotopic (exact) mass is 316 g/mol. The number of para-hydroxylation sites is 1. The van der Waals surface area contributed by atoms with Gasteiger partial charge < -0.3 is 10.2 Å². The van der Waals surface area contributed by atoms with E-state index in [9.17, 15) is 17.2 Å². The van der Waals surface area contributed by atoms with Gasteiger partial charge in [0, 0.05) is 19.1 Å².